The number of ether oxygens (including phenoxy) is 1. The van der Waals surface area contributed by atoms with E-state index in [2.05, 4.69) is 19.1 Å². The largest absolute Gasteiger partial charge is 0.494 e. The molecule has 0 aromatic heterocycles. The fourth-order valence-corrected chi connectivity index (χ4v) is 1.46. The SMILES string of the molecule is Cc1cccc(OCCCCCCl)c1. The Balaban J connectivity index is 2.18. The van der Waals surface area contributed by atoms with E-state index in [1.807, 2.05) is 12.1 Å². The average Bonchev–Trinajstić information content (AvgIpc) is 2.18. The van der Waals surface area contributed by atoms with Gasteiger partial charge in [-0.25, -0.2) is 0 Å². The van der Waals surface area contributed by atoms with Crippen molar-refractivity contribution in [2.75, 3.05) is 12.5 Å². The number of hydrogen-bond donors (Lipinski definition) is 0. The van der Waals surface area contributed by atoms with Gasteiger partial charge in [0.05, 0.1) is 6.61 Å². The Bertz CT molecular complexity index is 260. The van der Waals surface area contributed by atoms with Gasteiger partial charge < -0.3 is 4.74 Å². The molecule has 1 aromatic rings. The molecule has 1 nitrogen and oxygen atoms in total. The molecule has 14 heavy (non-hydrogen) atoms. The minimum absolute atomic E-state index is 0.754. The highest BCUT2D eigenvalue weighted by atomic mass is 35.5. The summed E-state index contributed by atoms with van der Waals surface area (Å²) in [6, 6.07) is 8.14. The molecule has 1 aromatic carbocycles. The van der Waals surface area contributed by atoms with E-state index in [4.69, 9.17) is 16.3 Å². The van der Waals surface area contributed by atoms with Gasteiger partial charge in [-0.15, -0.1) is 11.6 Å². The van der Waals surface area contributed by atoms with Crippen LogP contribution in [0.25, 0.3) is 0 Å². The van der Waals surface area contributed by atoms with Gasteiger partial charge in [0.1, 0.15) is 5.75 Å². The van der Waals surface area contributed by atoms with Gasteiger partial charge in [0.25, 0.3) is 0 Å². The maximum absolute atomic E-state index is 5.59. The fourth-order valence-electron chi connectivity index (χ4n) is 1.27. The number of alkyl halides is 1. The normalized spacial score (nSPS) is 10.1. The van der Waals surface area contributed by atoms with E-state index in [0.717, 1.165) is 37.5 Å². The maximum atomic E-state index is 5.59. The highest BCUT2D eigenvalue weighted by Crippen LogP contribution is 2.12. The molecule has 0 bridgehead atoms. The highest BCUT2D eigenvalue weighted by molar-refractivity contribution is 6.17. The van der Waals surface area contributed by atoms with E-state index in [1.165, 1.54) is 5.56 Å². The van der Waals surface area contributed by atoms with Gasteiger partial charge in [0.15, 0.2) is 0 Å². The van der Waals surface area contributed by atoms with Crippen molar-refractivity contribution in [3.8, 4) is 5.75 Å². The van der Waals surface area contributed by atoms with E-state index >= 15 is 0 Å². The Kier molecular flexibility index (Phi) is 5.46. The van der Waals surface area contributed by atoms with Crippen LogP contribution in [0.5, 0.6) is 5.75 Å². The van der Waals surface area contributed by atoms with Crippen LogP contribution in [0.2, 0.25) is 0 Å². The third-order valence-electron chi connectivity index (χ3n) is 2.04. The third kappa shape index (κ3) is 4.52. The van der Waals surface area contributed by atoms with Gasteiger partial charge >= 0.3 is 0 Å². The van der Waals surface area contributed by atoms with Crippen molar-refractivity contribution in [1.82, 2.24) is 0 Å². The second kappa shape index (κ2) is 6.72. The first kappa shape index (κ1) is 11.4. The Morgan fingerprint density at radius 3 is 2.79 bits per heavy atom. The zero-order valence-corrected chi connectivity index (χ0v) is 9.39. The van der Waals surface area contributed by atoms with Gasteiger partial charge in [0.2, 0.25) is 0 Å². The molecule has 0 radical (unpaired) electrons. The first-order valence-corrected chi connectivity index (χ1v) is 5.62. The van der Waals surface area contributed by atoms with Crippen LogP contribution >= 0.6 is 11.6 Å². The van der Waals surface area contributed by atoms with E-state index in [9.17, 15) is 0 Å². The van der Waals surface area contributed by atoms with Gasteiger partial charge in [-0.2, -0.15) is 0 Å². The van der Waals surface area contributed by atoms with Gasteiger partial charge in [-0.05, 0) is 43.9 Å². The van der Waals surface area contributed by atoms with E-state index < -0.39 is 0 Å². The monoisotopic (exact) mass is 212 g/mol. The molecule has 1 rings (SSSR count). The van der Waals surface area contributed by atoms with Crippen LogP contribution in [0.4, 0.5) is 0 Å². The third-order valence-corrected chi connectivity index (χ3v) is 2.30. The lowest BCUT2D eigenvalue weighted by Gasteiger charge is -2.05. The van der Waals surface area contributed by atoms with Crippen molar-refractivity contribution in [1.29, 1.82) is 0 Å². The number of unbranched alkanes of at least 4 members (excludes halogenated alkanes) is 2. The Labute approximate surface area is 91.0 Å². The summed E-state index contributed by atoms with van der Waals surface area (Å²) in [5.74, 6) is 1.72. The van der Waals surface area contributed by atoms with Crippen molar-refractivity contribution < 1.29 is 4.74 Å². The quantitative estimate of drug-likeness (QED) is 0.515. The van der Waals surface area contributed by atoms with Crippen LogP contribution in [0.15, 0.2) is 24.3 Å². The molecule has 0 amide bonds. The molecule has 78 valence electrons. The second-order valence-electron chi connectivity index (χ2n) is 3.41. The summed E-state index contributed by atoms with van der Waals surface area (Å²) in [6.45, 7) is 2.86. The highest BCUT2D eigenvalue weighted by Gasteiger charge is 1.93. The predicted octanol–water partition coefficient (Wildman–Crippen LogP) is 3.78. The van der Waals surface area contributed by atoms with Crippen molar-refractivity contribution in [3.63, 3.8) is 0 Å². The van der Waals surface area contributed by atoms with Gasteiger partial charge in [0, 0.05) is 5.88 Å². The lowest BCUT2D eigenvalue weighted by atomic mass is 10.2. The summed E-state index contributed by atoms with van der Waals surface area (Å²) in [4.78, 5) is 0. The average molecular weight is 213 g/mol. The van der Waals surface area contributed by atoms with E-state index in [-0.39, 0.29) is 0 Å². The fraction of sp³-hybridized carbons (Fsp3) is 0.500. The van der Waals surface area contributed by atoms with Crippen molar-refractivity contribution in [2.45, 2.75) is 26.2 Å². The molecule has 0 fully saturated rings. The zero-order valence-electron chi connectivity index (χ0n) is 8.63. The maximum Gasteiger partial charge on any atom is 0.119 e. The summed E-state index contributed by atoms with van der Waals surface area (Å²) >= 11 is 5.58. The van der Waals surface area contributed by atoms with Crippen molar-refractivity contribution in [2.24, 2.45) is 0 Å². The van der Waals surface area contributed by atoms with E-state index in [1.54, 1.807) is 0 Å². The van der Waals surface area contributed by atoms with Crippen molar-refractivity contribution >= 4 is 11.6 Å². The summed E-state index contributed by atoms with van der Waals surface area (Å²) in [5.41, 5.74) is 1.24. The molecule has 0 aliphatic carbocycles. The molecule has 0 saturated heterocycles. The summed E-state index contributed by atoms with van der Waals surface area (Å²) in [5, 5.41) is 0. The number of benzene rings is 1. The Morgan fingerprint density at radius 2 is 2.07 bits per heavy atom. The summed E-state index contributed by atoms with van der Waals surface area (Å²) in [6.07, 6.45) is 3.31. The smallest absolute Gasteiger partial charge is 0.119 e. The number of rotatable bonds is 6. The molecular weight excluding hydrogens is 196 g/mol. The molecule has 0 heterocycles. The molecular formula is C12H17ClO. The zero-order chi connectivity index (χ0) is 10.2. The van der Waals surface area contributed by atoms with Crippen LogP contribution in [0, 0.1) is 6.92 Å². The minimum atomic E-state index is 0.754. The van der Waals surface area contributed by atoms with Gasteiger partial charge in [-0.1, -0.05) is 12.1 Å². The number of hydrogen-bond acceptors (Lipinski definition) is 1. The Hall–Kier alpha value is -0.690. The number of halogens is 1. The predicted molar refractivity (Wildman–Crippen MR) is 61.2 cm³/mol. The first-order valence-electron chi connectivity index (χ1n) is 5.08. The number of aryl methyl sites for hydroxylation is 1. The lowest BCUT2D eigenvalue weighted by molar-refractivity contribution is 0.306. The minimum Gasteiger partial charge on any atom is -0.494 e. The van der Waals surface area contributed by atoms with Crippen LogP contribution < -0.4 is 4.74 Å². The standard InChI is InChI=1S/C12H17ClO/c1-11-6-5-7-12(10-11)14-9-4-2-3-8-13/h5-7,10H,2-4,8-9H2,1H3. The second-order valence-corrected chi connectivity index (χ2v) is 3.79. The van der Waals surface area contributed by atoms with Crippen LogP contribution in [0.1, 0.15) is 24.8 Å². The first-order chi connectivity index (χ1) is 6.83. The van der Waals surface area contributed by atoms with Gasteiger partial charge in [-0.3, -0.25) is 0 Å². The molecule has 0 unspecified atom stereocenters. The topological polar surface area (TPSA) is 9.23 Å². The molecule has 0 aliphatic heterocycles. The van der Waals surface area contributed by atoms with Crippen LogP contribution in [-0.2, 0) is 0 Å². The molecule has 0 N–H and O–H groups in total. The molecule has 2 heteroatoms. The summed E-state index contributed by atoms with van der Waals surface area (Å²) in [7, 11) is 0. The molecule has 0 saturated carbocycles. The molecule has 0 atom stereocenters. The van der Waals surface area contributed by atoms with Crippen LogP contribution in [0.3, 0.4) is 0 Å². The molecule has 0 aliphatic rings. The summed E-state index contributed by atoms with van der Waals surface area (Å²) < 4.78 is 5.59. The lowest BCUT2D eigenvalue weighted by Crippen LogP contribution is -1.97. The Morgan fingerprint density at radius 1 is 1.21 bits per heavy atom. The van der Waals surface area contributed by atoms with E-state index in [0.29, 0.717) is 0 Å². The van der Waals surface area contributed by atoms with Crippen LogP contribution in [-0.4, -0.2) is 12.5 Å². The molecule has 0 spiro atoms. The van der Waals surface area contributed by atoms with Crippen molar-refractivity contribution in [3.05, 3.63) is 29.8 Å².